The highest BCUT2D eigenvalue weighted by atomic mass is 19.1. The van der Waals surface area contributed by atoms with Crippen molar-refractivity contribution in [2.24, 2.45) is 5.92 Å². The first-order valence-electron chi connectivity index (χ1n) is 11.5. The second kappa shape index (κ2) is 9.64. The average Bonchev–Trinajstić information content (AvgIpc) is 3.17. The average molecular weight is 462 g/mol. The van der Waals surface area contributed by atoms with Gasteiger partial charge in [0.15, 0.2) is 5.65 Å². The van der Waals surface area contributed by atoms with Gasteiger partial charge in [-0.15, -0.1) is 0 Å². The summed E-state index contributed by atoms with van der Waals surface area (Å²) in [5.74, 6) is 1.03. The van der Waals surface area contributed by atoms with E-state index in [9.17, 15) is 4.39 Å². The minimum atomic E-state index is -0.334. The number of para-hydroxylation sites is 1. The molecule has 2 N–H and O–H groups in total. The van der Waals surface area contributed by atoms with Gasteiger partial charge in [0.25, 0.3) is 0 Å². The first-order valence-corrected chi connectivity index (χ1v) is 11.5. The topological polar surface area (TPSA) is 80.1 Å². The van der Waals surface area contributed by atoms with E-state index in [1.54, 1.807) is 24.4 Å². The molecule has 2 aromatic carbocycles. The maximum atomic E-state index is 14.2. The van der Waals surface area contributed by atoms with E-state index >= 15 is 0 Å². The van der Waals surface area contributed by atoms with Gasteiger partial charge < -0.3 is 20.3 Å². The van der Waals surface area contributed by atoms with Crippen LogP contribution in [0.1, 0.15) is 13.8 Å². The number of anilines is 5. The molecule has 0 unspecified atom stereocenters. The Bertz CT molecular complexity index is 1270. The number of benzene rings is 2. The molecule has 1 saturated heterocycles. The van der Waals surface area contributed by atoms with E-state index in [-0.39, 0.29) is 5.82 Å². The molecule has 1 aliphatic heterocycles. The van der Waals surface area contributed by atoms with E-state index in [1.807, 2.05) is 16.7 Å². The standard InChI is InChI=1S/C25H28FN7O/c1-17(2)16-33-23-22(30-25(33)29-21-6-4-3-5-20(21)26)15-27-24(31-23)28-18-7-9-19(10-8-18)32-11-13-34-14-12-32/h3-10,15,17H,11-14,16H2,1-2H3,(H,29,30)(H,27,28,31). The van der Waals surface area contributed by atoms with E-state index < -0.39 is 0 Å². The molecule has 0 amide bonds. The molecule has 0 atom stereocenters. The largest absolute Gasteiger partial charge is 0.378 e. The Balaban J connectivity index is 1.41. The van der Waals surface area contributed by atoms with Crippen LogP contribution in [-0.2, 0) is 11.3 Å². The molecule has 2 aromatic heterocycles. The zero-order chi connectivity index (χ0) is 23.5. The van der Waals surface area contributed by atoms with Gasteiger partial charge in [0, 0.05) is 31.0 Å². The number of nitrogens with one attached hydrogen (secondary N) is 2. The van der Waals surface area contributed by atoms with Crippen LogP contribution >= 0.6 is 0 Å². The molecule has 4 aromatic rings. The number of imidazole rings is 1. The van der Waals surface area contributed by atoms with Crippen LogP contribution in [0, 0.1) is 11.7 Å². The third-order valence-electron chi connectivity index (χ3n) is 5.66. The summed E-state index contributed by atoms with van der Waals surface area (Å²) in [5.41, 5.74) is 3.78. The Morgan fingerprint density at radius 3 is 2.50 bits per heavy atom. The van der Waals surface area contributed by atoms with Crippen molar-refractivity contribution in [1.29, 1.82) is 0 Å². The van der Waals surface area contributed by atoms with Crippen molar-refractivity contribution < 1.29 is 9.13 Å². The van der Waals surface area contributed by atoms with E-state index in [1.165, 1.54) is 11.8 Å². The Labute approximate surface area is 197 Å². The van der Waals surface area contributed by atoms with Crippen molar-refractivity contribution in [3.8, 4) is 0 Å². The predicted molar refractivity (Wildman–Crippen MR) is 133 cm³/mol. The fourth-order valence-electron chi connectivity index (χ4n) is 4.00. The Kier molecular flexibility index (Phi) is 6.27. The number of ether oxygens (including phenoxy) is 1. The summed E-state index contributed by atoms with van der Waals surface area (Å²) in [6.45, 7) is 8.23. The Hall–Kier alpha value is -3.72. The lowest BCUT2D eigenvalue weighted by molar-refractivity contribution is 0.122. The molecule has 0 spiro atoms. The summed E-state index contributed by atoms with van der Waals surface area (Å²) < 4.78 is 21.6. The fourth-order valence-corrected chi connectivity index (χ4v) is 4.00. The molecular weight excluding hydrogens is 433 g/mol. The van der Waals surface area contributed by atoms with E-state index in [2.05, 4.69) is 51.5 Å². The Morgan fingerprint density at radius 1 is 1.00 bits per heavy atom. The molecule has 9 heteroatoms. The van der Waals surface area contributed by atoms with Crippen LogP contribution in [0.5, 0.6) is 0 Å². The predicted octanol–water partition coefficient (Wildman–Crippen LogP) is 4.95. The lowest BCUT2D eigenvalue weighted by atomic mass is 10.2. The highest BCUT2D eigenvalue weighted by Gasteiger charge is 2.16. The van der Waals surface area contributed by atoms with Crippen molar-refractivity contribution in [3.63, 3.8) is 0 Å². The summed E-state index contributed by atoms with van der Waals surface area (Å²) in [7, 11) is 0. The smallest absolute Gasteiger partial charge is 0.229 e. The maximum Gasteiger partial charge on any atom is 0.229 e. The van der Waals surface area contributed by atoms with Gasteiger partial charge in [0.05, 0.1) is 25.1 Å². The number of morpholine rings is 1. The molecule has 0 radical (unpaired) electrons. The van der Waals surface area contributed by atoms with Gasteiger partial charge in [0.1, 0.15) is 11.3 Å². The van der Waals surface area contributed by atoms with Gasteiger partial charge in [0.2, 0.25) is 11.9 Å². The van der Waals surface area contributed by atoms with Gasteiger partial charge in [-0.3, -0.25) is 4.57 Å². The van der Waals surface area contributed by atoms with Gasteiger partial charge in [-0.25, -0.2) is 14.4 Å². The summed E-state index contributed by atoms with van der Waals surface area (Å²) in [6, 6.07) is 14.8. The SMILES string of the molecule is CC(C)Cn1c(Nc2ccccc2F)nc2cnc(Nc3ccc(N4CCOCC4)cc3)nc21. The molecule has 3 heterocycles. The van der Waals surface area contributed by atoms with Gasteiger partial charge in [-0.05, 0) is 42.3 Å². The number of hydrogen-bond donors (Lipinski definition) is 2. The van der Waals surface area contributed by atoms with Crippen molar-refractivity contribution >= 4 is 40.1 Å². The fraction of sp³-hybridized carbons (Fsp3) is 0.320. The highest BCUT2D eigenvalue weighted by Crippen LogP contribution is 2.26. The minimum Gasteiger partial charge on any atom is -0.378 e. The number of hydrogen-bond acceptors (Lipinski definition) is 7. The van der Waals surface area contributed by atoms with Crippen LogP contribution in [0.25, 0.3) is 11.2 Å². The molecule has 0 bridgehead atoms. The Morgan fingerprint density at radius 2 is 1.76 bits per heavy atom. The summed E-state index contributed by atoms with van der Waals surface area (Å²) in [5, 5.41) is 6.41. The summed E-state index contributed by atoms with van der Waals surface area (Å²) >= 11 is 0. The second-order valence-corrected chi connectivity index (χ2v) is 8.72. The molecule has 0 saturated carbocycles. The number of fused-ring (bicyclic) bond motifs is 1. The molecule has 176 valence electrons. The van der Waals surface area contributed by atoms with Gasteiger partial charge >= 0.3 is 0 Å². The molecule has 5 rings (SSSR count). The van der Waals surface area contributed by atoms with Gasteiger partial charge in [-0.1, -0.05) is 26.0 Å². The van der Waals surface area contributed by atoms with E-state index in [0.717, 1.165) is 32.0 Å². The molecule has 8 nitrogen and oxygen atoms in total. The zero-order valence-electron chi connectivity index (χ0n) is 19.3. The number of nitrogens with zero attached hydrogens (tertiary/aromatic N) is 5. The van der Waals surface area contributed by atoms with E-state index in [4.69, 9.17) is 9.72 Å². The first-order chi connectivity index (χ1) is 16.6. The normalized spacial score (nSPS) is 14.1. The molecule has 1 fully saturated rings. The third-order valence-corrected chi connectivity index (χ3v) is 5.66. The summed E-state index contributed by atoms with van der Waals surface area (Å²) in [4.78, 5) is 16.1. The van der Waals surface area contributed by atoms with Crippen molar-refractivity contribution in [1.82, 2.24) is 19.5 Å². The quantitative estimate of drug-likeness (QED) is 0.403. The lowest BCUT2D eigenvalue weighted by Crippen LogP contribution is -2.36. The van der Waals surface area contributed by atoms with Gasteiger partial charge in [-0.2, -0.15) is 4.98 Å². The minimum absolute atomic E-state index is 0.334. The van der Waals surface area contributed by atoms with Crippen LogP contribution in [0.15, 0.2) is 54.7 Å². The second-order valence-electron chi connectivity index (χ2n) is 8.72. The van der Waals surface area contributed by atoms with Crippen LogP contribution in [0.4, 0.5) is 33.3 Å². The molecule has 1 aliphatic rings. The lowest BCUT2D eigenvalue weighted by Gasteiger charge is -2.28. The zero-order valence-corrected chi connectivity index (χ0v) is 19.3. The summed E-state index contributed by atoms with van der Waals surface area (Å²) in [6.07, 6.45) is 1.69. The van der Waals surface area contributed by atoms with Crippen molar-refractivity contribution in [2.75, 3.05) is 41.8 Å². The molecule has 0 aliphatic carbocycles. The van der Waals surface area contributed by atoms with Crippen LogP contribution in [-0.4, -0.2) is 45.8 Å². The first kappa shape index (κ1) is 22.1. The molecular formula is C25H28FN7O. The van der Waals surface area contributed by atoms with Crippen LogP contribution in [0.2, 0.25) is 0 Å². The highest BCUT2D eigenvalue weighted by molar-refractivity contribution is 5.77. The van der Waals surface area contributed by atoms with Crippen molar-refractivity contribution in [2.45, 2.75) is 20.4 Å². The number of halogens is 1. The monoisotopic (exact) mass is 461 g/mol. The van der Waals surface area contributed by atoms with E-state index in [0.29, 0.717) is 41.2 Å². The maximum absolute atomic E-state index is 14.2. The van der Waals surface area contributed by atoms with Crippen LogP contribution in [0.3, 0.4) is 0 Å². The number of aromatic nitrogens is 4. The number of rotatable bonds is 7. The molecule has 34 heavy (non-hydrogen) atoms. The van der Waals surface area contributed by atoms with Crippen molar-refractivity contribution in [3.05, 3.63) is 60.5 Å². The van der Waals surface area contributed by atoms with Crippen LogP contribution < -0.4 is 15.5 Å². The third kappa shape index (κ3) is 4.79.